The highest BCUT2D eigenvalue weighted by Crippen LogP contribution is 2.10. The van der Waals surface area contributed by atoms with Gasteiger partial charge in [-0.2, -0.15) is 0 Å². The number of carbonyl (C=O) groups is 1. The van der Waals surface area contributed by atoms with E-state index in [2.05, 4.69) is 11.8 Å². The molecule has 0 aromatic heterocycles. The SMILES string of the molecule is CCCN(CC(=O)N(C)CC)Cc1cccc(N)c1. The van der Waals surface area contributed by atoms with Crippen molar-refractivity contribution in [3.63, 3.8) is 0 Å². The molecule has 0 heterocycles. The largest absolute Gasteiger partial charge is 0.399 e. The van der Waals surface area contributed by atoms with E-state index in [1.54, 1.807) is 4.90 Å². The van der Waals surface area contributed by atoms with Gasteiger partial charge in [-0.1, -0.05) is 19.1 Å². The standard InChI is InChI=1S/C15H25N3O/c1-4-9-18(12-15(19)17(3)5-2)11-13-7-6-8-14(16)10-13/h6-8,10H,4-5,9,11-12,16H2,1-3H3. The molecule has 0 atom stereocenters. The van der Waals surface area contributed by atoms with Gasteiger partial charge in [0.2, 0.25) is 5.91 Å². The molecule has 1 amide bonds. The molecule has 19 heavy (non-hydrogen) atoms. The van der Waals surface area contributed by atoms with Crippen LogP contribution < -0.4 is 5.73 Å². The molecule has 1 aromatic rings. The van der Waals surface area contributed by atoms with Crippen LogP contribution in [0.1, 0.15) is 25.8 Å². The molecule has 0 bridgehead atoms. The van der Waals surface area contributed by atoms with Crippen LogP contribution in [-0.4, -0.2) is 42.4 Å². The van der Waals surface area contributed by atoms with Gasteiger partial charge >= 0.3 is 0 Å². The Labute approximate surface area is 116 Å². The van der Waals surface area contributed by atoms with Gasteiger partial charge in [0.1, 0.15) is 0 Å². The van der Waals surface area contributed by atoms with E-state index in [1.165, 1.54) is 0 Å². The van der Waals surface area contributed by atoms with Gasteiger partial charge in [0.25, 0.3) is 0 Å². The fourth-order valence-corrected chi connectivity index (χ4v) is 1.97. The quantitative estimate of drug-likeness (QED) is 0.765. The van der Waals surface area contributed by atoms with Crippen LogP contribution in [0.4, 0.5) is 5.69 Å². The zero-order chi connectivity index (χ0) is 14.3. The van der Waals surface area contributed by atoms with Crippen molar-refractivity contribution in [1.29, 1.82) is 0 Å². The van der Waals surface area contributed by atoms with Crippen LogP contribution in [0.3, 0.4) is 0 Å². The van der Waals surface area contributed by atoms with Crippen LogP contribution in [0.2, 0.25) is 0 Å². The molecule has 4 heteroatoms. The molecule has 0 saturated carbocycles. The summed E-state index contributed by atoms with van der Waals surface area (Å²) in [7, 11) is 1.84. The molecule has 106 valence electrons. The Kier molecular flexibility index (Phi) is 6.36. The molecular formula is C15H25N3O. The summed E-state index contributed by atoms with van der Waals surface area (Å²) in [4.78, 5) is 15.9. The van der Waals surface area contributed by atoms with Gasteiger partial charge in [-0.3, -0.25) is 9.69 Å². The topological polar surface area (TPSA) is 49.6 Å². The maximum atomic E-state index is 12.0. The number of nitrogens with two attached hydrogens (primary N) is 1. The van der Waals surface area contributed by atoms with E-state index in [9.17, 15) is 4.79 Å². The Balaban J connectivity index is 2.64. The number of amides is 1. The third kappa shape index (κ3) is 5.30. The lowest BCUT2D eigenvalue weighted by atomic mass is 10.2. The van der Waals surface area contributed by atoms with Gasteiger partial charge in [0, 0.05) is 25.8 Å². The number of hydrogen-bond donors (Lipinski definition) is 1. The number of carbonyl (C=O) groups excluding carboxylic acids is 1. The summed E-state index contributed by atoms with van der Waals surface area (Å²) in [5.74, 6) is 0.167. The van der Waals surface area contributed by atoms with Crippen LogP contribution >= 0.6 is 0 Å². The van der Waals surface area contributed by atoms with Gasteiger partial charge in [-0.05, 0) is 37.6 Å². The maximum Gasteiger partial charge on any atom is 0.236 e. The first-order valence-corrected chi connectivity index (χ1v) is 6.87. The minimum Gasteiger partial charge on any atom is -0.399 e. The zero-order valence-corrected chi connectivity index (χ0v) is 12.2. The Morgan fingerprint density at radius 3 is 2.63 bits per heavy atom. The lowest BCUT2D eigenvalue weighted by Gasteiger charge is -2.24. The summed E-state index contributed by atoms with van der Waals surface area (Å²) in [6.07, 6.45) is 1.03. The molecule has 0 saturated heterocycles. The molecule has 0 aliphatic carbocycles. The molecule has 0 aliphatic heterocycles. The first-order valence-electron chi connectivity index (χ1n) is 6.87. The first-order chi connectivity index (χ1) is 9.06. The Hall–Kier alpha value is -1.55. The highest BCUT2D eigenvalue weighted by molar-refractivity contribution is 5.77. The van der Waals surface area contributed by atoms with Crippen LogP contribution in [-0.2, 0) is 11.3 Å². The summed E-state index contributed by atoms with van der Waals surface area (Å²) in [5.41, 5.74) is 7.71. The number of anilines is 1. The minimum atomic E-state index is 0.167. The first kappa shape index (κ1) is 15.5. The number of likely N-dealkylation sites (N-methyl/N-ethyl adjacent to an activating group) is 1. The van der Waals surface area contributed by atoms with Crippen LogP contribution in [0, 0.1) is 0 Å². The Bertz CT molecular complexity index is 406. The van der Waals surface area contributed by atoms with Crippen molar-refractivity contribution in [2.75, 3.05) is 32.4 Å². The van der Waals surface area contributed by atoms with E-state index in [0.29, 0.717) is 6.54 Å². The summed E-state index contributed by atoms with van der Waals surface area (Å²) < 4.78 is 0. The van der Waals surface area contributed by atoms with Crippen molar-refractivity contribution in [3.8, 4) is 0 Å². The van der Waals surface area contributed by atoms with E-state index in [0.717, 1.165) is 37.3 Å². The average molecular weight is 263 g/mol. The van der Waals surface area contributed by atoms with E-state index < -0.39 is 0 Å². The smallest absolute Gasteiger partial charge is 0.236 e. The molecule has 0 unspecified atom stereocenters. The Morgan fingerprint density at radius 2 is 2.05 bits per heavy atom. The van der Waals surface area contributed by atoms with Gasteiger partial charge in [-0.15, -0.1) is 0 Å². The molecule has 1 rings (SSSR count). The monoisotopic (exact) mass is 263 g/mol. The predicted molar refractivity (Wildman–Crippen MR) is 79.7 cm³/mol. The number of hydrogen-bond acceptors (Lipinski definition) is 3. The fourth-order valence-electron chi connectivity index (χ4n) is 1.97. The molecular weight excluding hydrogens is 238 g/mol. The van der Waals surface area contributed by atoms with Gasteiger partial charge < -0.3 is 10.6 Å². The van der Waals surface area contributed by atoms with Crippen LogP contribution in [0.25, 0.3) is 0 Å². The van der Waals surface area contributed by atoms with Gasteiger partial charge in [0.15, 0.2) is 0 Å². The lowest BCUT2D eigenvalue weighted by Crippen LogP contribution is -2.38. The minimum absolute atomic E-state index is 0.167. The molecule has 0 aliphatic rings. The third-order valence-electron chi connectivity index (χ3n) is 3.16. The van der Waals surface area contributed by atoms with Crippen LogP contribution in [0.15, 0.2) is 24.3 Å². The zero-order valence-electron chi connectivity index (χ0n) is 12.2. The number of rotatable bonds is 7. The predicted octanol–water partition coefficient (Wildman–Crippen LogP) is 1.96. The van der Waals surface area contributed by atoms with Crippen molar-refractivity contribution in [3.05, 3.63) is 29.8 Å². The van der Waals surface area contributed by atoms with Gasteiger partial charge in [-0.25, -0.2) is 0 Å². The van der Waals surface area contributed by atoms with E-state index in [-0.39, 0.29) is 5.91 Å². The highest BCUT2D eigenvalue weighted by atomic mass is 16.2. The summed E-state index contributed by atoms with van der Waals surface area (Å²) >= 11 is 0. The maximum absolute atomic E-state index is 12.0. The van der Waals surface area contributed by atoms with E-state index in [1.807, 2.05) is 38.2 Å². The summed E-state index contributed by atoms with van der Waals surface area (Å²) in [6.45, 7) is 7.00. The molecule has 4 nitrogen and oxygen atoms in total. The fraction of sp³-hybridized carbons (Fsp3) is 0.533. The van der Waals surface area contributed by atoms with Crippen molar-refractivity contribution >= 4 is 11.6 Å². The molecule has 1 aromatic carbocycles. The second-order valence-electron chi connectivity index (χ2n) is 4.86. The van der Waals surface area contributed by atoms with Crippen molar-refractivity contribution < 1.29 is 4.79 Å². The van der Waals surface area contributed by atoms with Crippen molar-refractivity contribution in [2.45, 2.75) is 26.8 Å². The number of benzene rings is 1. The summed E-state index contributed by atoms with van der Waals surface area (Å²) in [5, 5.41) is 0. The average Bonchev–Trinajstić information content (AvgIpc) is 2.38. The second kappa shape index (κ2) is 7.79. The number of nitrogen functional groups attached to an aromatic ring is 1. The van der Waals surface area contributed by atoms with E-state index in [4.69, 9.17) is 5.73 Å². The lowest BCUT2D eigenvalue weighted by molar-refractivity contribution is -0.131. The third-order valence-corrected chi connectivity index (χ3v) is 3.16. The molecule has 2 N–H and O–H groups in total. The van der Waals surface area contributed by atoms with Crippen LogP contribution in [0.5, 0.6) is 0 Å². The highest BCUT2D eigenvalue weighted by Gasteiger charge is 2.13. The Morgan fingerprint density at radius 1 is 1.32 bits per heavy atom. The second-order valence-corrected chi connectivity index (χ2v) is 4.86. The molecule has 0 fully saturated rings. The molecule has 0 radical (unpaired) electrons. The van der Waals surface area contributed by atoms with Crippen molar-refractivity contribution in [2.24, 2.45) is 0 Å². The normalized spacial score (nSPS) is 10.7. The van der Waals surface area contributed by atoms with Crippen molar-refractivity contribution in [1.82, 2.24) is 9.80 Å². The summed E-state index contributed by atoms with van der Waals surface area (Å²) in [6, 6.07) is 7.85. The molecule has 0 spiro atoms. The van der Waals surface area contributed by atoms with E-state index >= 15 is 0 Å². The number of nitrogens with zero attached hydrogens (tertiary/aromatic N) is 2. The van der Waals surface area contributed by atoms with Gasteiger partial charge in [0.05, 0.1) is 6.54 Å².